The van der Waals surface area contributed by atoms with E-state index in [0.717, 1.165) is 22.2 Å². The van der Waals surface area contributed by atoms with Crippen LogP contribution in [-0.2, 0) is 11.3 Å². The summed E-state index contributed by atoms with van der Waals surface area (Å²) >= 11 is 0. The molecule has 0 atom stereocenters. The maximum Gasteiger partial charge on any atom is 0.289 e. The molecule has 0 aliphatic carbocycles. The molecule has 0 bridgehead atoms. The summed E-state index contributed by atoms with van der Waals surface area (Å²) in [6.45, 7) is 3.00. The molecule has 0 unspecified atom stereocenters. The van der Waals surface area contributed by atoms with Crippen molar-refractivity contribution in [2.24, 2.45) is 5.73 Å². The summed E-state index contributed by atoms with van der Waals surface area (Å²) in [6.07, 6.45) is 1.67. The highest BCUT2D eigenvalue weighted by atomic mass is 16.5. The third kappa shape index (κ3) is 3.01. The molecule has 1 amide bonds. The fraction of sp³-hybridized carbons (Fsp3) is 0.158. The van der Waals surface area contributed by atoms with E-state index in [-0.39, 0.29) is 0 Å². The van der Waals surface area contributed by atoms with Gasteiger partial charge in [-0.2, -0.15) is 0 Å². The van der Waals surface area contributed by atoms with E-state index in [2.05, 4.69) is 0 Å². The molecule has 0 radical (unpaired) electrons. The molecule has 0 fully saturated rings. The number of carbonyl (C=O) groups excluding carboxylic acids is 2. The topological polar surface area (TPSA) is 74.3 Å². The minimum Gasteiger partial charge on any atom is -0.491 e. The Balaban J connectivity index is 1.83. The van der Waals surface area contributed by atoms with Crippen LogP contribution in [0, 0.1) is 6.92 Å². The zero-order valence-corrected chi connectivity index (χ0v) is 13.4. The van der Waals surface area contributed by atoms with Crippen molar-refractivity contribution in [3.05, 3.63) is 65.9 Å². The Hall–Kier alpha value is -3.08. The van der Waals surface area contributed by atoms with Gasteiger partial charge in [0.15, 0.2) is 0 Å². The minimum atomic E-state index is -0.950. The van der Waals surface area contributed by atoms with E-state index in [1.54, 1.807) is 6.20 Å². The van der Waals surface area contributed by atoms with Gasteiger partial charge in [0.05, 0.1) is 12.1 Å². The van der Waals surface area contributed by atoms with Crippen LogP contribution in [0.25, 0.3) is 10.9 Å². The largest absolute Gasteiger partial charge is 0.491 e. The van der Waals surface area contributed by atoms with Crippen LogP contribution in [0.4, 0.5) is 0 Å². The molecule has 3 rings (SSSR count). The van der Waals surface area contributed by atoms with E-state index in [1.165, 1.54) is 0 Å². The fourth-order valence-corrected chi connectivity index (χ4v) is 2.72. The van der Waals surface area contributed by atoms with E-state index < -0.39 is 11.7 Å². The van der Waals surface area contributed by atoms with Gasteiger partial charge >= 0.3 is 0 Å². The number of Topliss-reactive ketones (excluding diaryl/α,β-unsaturated/α-hetero) is 1. The zero-order valence-electron chi connectivity index (χ0n) is 13.4. The van der Waals surface area contributed by atoms with Crippen LogP contribution in [0.15, 0.2) is 54.7 Å². The van der Waals surface area contributed by atoms with Crippen molar-refractivity contribution >= 4 is 22.6 Å². The van der Waals surface area contributed by atoms with Crippen molar-refractivity contribution in [3.8, 4) is 5.75 Å². The lowest BCUT2D eigenvalue weighted by atomic mass is 10.1. The SMILES string of the molecule is Cc1ccccc1OCCn1cc(C(=O)C(N)=O)c2ccccc21. The molecule has 0 aliphatic rings. The minimum absolute atomic E-state index is 0.328. The highest BCUT2D eigenvalue weighted by Crippen LogP contribution is 2.22. The van der Waals surface area contributed by atoms with E-state index in [4.69, 9.17) is 10.5 Å². The van der Waals surface area contributed by atoms with Gasteiger partial charge in [-0.15, -0.1) is 0 Å². The van der Waals surface area contributed by atoms with Gasteiger partial charge in [0.25, 0.3) is 11.7 Å². The number of nitrogens with two attached hydrogens (primary N) is 1. The van der Waals surface area contributed by atoms with Crippen molar-refractivity contribution in [2.45, 2.75) is 13.5 Å². The maximum atomic E-state index is 12.0. The van der Waals surface area contributed by atoms with Gasteiger partial charge in [-0.05, 0) is 24.6 Å². The highest BCUT2D eigenvalue weighted by molar-refractivity contribution is 6.44. The number of hydrogen-bond acceptors (Lipinski definition) is 3. The lowest BCUT2D eigenvalue weighted by Crippen LogP contribution is -2.22. The first-order valence-corrected chi connectivity index (χ1v) is 7.68. The summed E-state index contributed by atoms with van der Waals surface area (Å²) in [5.74, 6) is -0.791. The van der Waals surface area contributed by atoms with Gasteiger partial charge in [-0.25, -0.2) is 0 Å². The third-order valence-electron chi connectivity index (χ3n) is 3.94. The first kappa shape index (κ1) is 15.8. The van der Waals surface area contributed by atoms with Gasteiger partial charge in [0, 0.05) is 17.1 Å². The summed E-state index contributed by atoms with van der Waals surface area (Å²) in [4.78, 5) is 23.2. The van der Waals surface area contributed by atoms with Gasteiger partial charge < -0.3 is 15.0 Å². The molecular formula is C19H18N2O3. The van der Waals surface area contributed by atoms with Crippen LogP contribution in [0.2, 0.25) is 0 Å². The number of para-hydroxylation sites is 2. The maximum absolute atomic E-state index is 12.0. The number of rotatable bonds is 6. The fourth-order valence-electron chi connectivity index (χ4n) is 2.72. The molecule has 2 N–H and O–H groups in total. The first-order chi connectivity index (χ1) is 11.6. The van der Waals surface area contributed by atoms with E-state index in [9.17, 15) is 9.59 Å². The van der Waals surface area contributed by atoms with Crippen molar-refractivity contribution in [1.82, 2.24) is 4.57 Å². The van der Waals surface area contributed by atoms with Gasteiger partial charge in [0.1, 0.15) is 12.4 Å². The lowest BCUT2D eigenvalue weighted by molar-refractivity contribution is -0.114. The molecule has 0 spiro atoms. The van der Waals surface area contributed by atoms with Crippen LogP contribution < -0.4 is 10.5 Å². The second kappa shape index (κ2) is 6.58. The number of ether oxygens (including phenoxy) is 1. The first-order valence-electron chi connectivity index (χ1n) is 7.68. The Kier molecular flexibility index (Phi) is 4.33. The number of hydrogen-bond donors (Lipinski definition) is 1. The van der Waals surface area contributed by atoms with E-state index in [1.807, 2.05) is 60.0 Å². The van der Waals surface area contributed by atoms with E-state index in [0.29, 0.717) is 18.7 Å². The smallest absolute Gasteiger partial charge is 0.289 e. The number of carbonyl (C=O) groups is 2. The van der Waals surface area contributed by atoms with Crippen molar-refractivity contribution < 1.29 is 14.3 Å². The highest BCUT2D eigenvalue weighted by Gasteiger charge is 2.18. The van der Waals surface area contributed by atoms with Crippen LogP contribution >= 0.6 is 0 Å². The van der Waals surface area contributed by atoms with Crippen LogP contribution in [0.3, 0.4) is 0 Å². The summed E-state index contributed by atoms with van der Waals surface area (Å²) in [5.41, 5.74) is 7.41. The molecule has 24 heavy (non-hydrogen) atoms. The average molecular weight is 322 g/mol. The lowest BCUT2D eigenvalue weighted by Gasteiger charge is -2.10. The number of aromatic nitrogens is 1. The normalized spacial score (nSPS) is 10.7. The van der Waals surface area contributed by atoms with Crippen LogP contribution in [0.1, 0.15) is 15.9 Å². The number of primary amides is 1. The number of amides is 1. The summed E-state index contributed by atoms with van der Waals surface area (Å²) in [6, 6.07) is 15.2. The summed E-state index contributed by atoms with van der Waals surface area (Å²) < 4.78 is 7.72. The number of fused-ring (bicyclic) bond motifs is 1. The molecule has 5 heteroatoms. The monoisotopic (exact) mass is 322 g/mol. The van der Waals surface area contributed by atoms with Crippen molar-refractivity contribution in [3.63, 3.8) is 0 Å². The molecule has 1 heterocycles. The number of aryl methyl sites for hydroxylation is 1. The molecule has 5 nitrogen and oxygen atoms in total. The predicted octanol–water partition coefficient (Wildman–Crippen LogP) is 2.70. The average Bonchev–Trinajstić information content (AvgIpc) is 2.95. The summed E-state index contributed by atoms with van der Waals surface area (Å²) in [7, 11) is 0. The Morgan fingerprint density at radius 3 is 2.54 bits per heavy atom. The number of benzene rings is 2. The predicted molar refractivity (Wildman–Crippen MR) is 92.1 cm³/mol. The van der Waals surface area contributed by atoms with Crippen molar-refractivity contribution in [2.75, 3.05) is 6.61 Å². The molecule has 3 aromatic rings. The quantitative estimate of drug-likeness (QED) is 0.560. The molecular weight excluding hydrogens is 304 g/mol. The molecule has 0 saturated heterocycles. The van der Waals surface area contributed by atoms with Crippen LogP contribution in [0.5, 0.6) is 5.75 Å². The summed E-state index contributed by atoms with van der Waals surface area (Å²) in [5, 5.41) is 0.720. The van der Waals surface area contributed by atoms with Crippen LogP contribution in [-0.4, -0.2) is 22.9 Å². The van der Waals surface area contributed by atoms with Gasteiger partial charge in [-0.3, -0.25) is 9.59 Å². The van der Waals surface area contributed by atoms with Gasteiger partial charge in [0.2, 0.25) is 0 Å². The Labute approximate surface area is 139 Å². The van der Waals surface area contributed by atoms with Gasteiger partial charge in [-0.1, -0.05) is 36.4 Å². The number of ketones is 1. The molecule has 2 aromatic carbocycles. The number of nitrogens with zero attached hydrogens (tertiary/aromatic N) is 1. The second-order valence-electron chi connectivity index (χ2n) is 5.56. The Morgan fingerprint density at radius 2 is 1.79 bits per heavy atom. The van der Waals surface area contributed by atoms with E-state index >= 15 is 0 Å². The standard InChI is InChI=1S/C19H18N2O3/c1-13-6-2-5-9-17(13)24-11-10-21-12-15(18(22)19(20)23)14-7-3-4-8-16(14)21/h2-9,12H,10-11H2,1H3,(H2,20,23). The Bertz CT molecular complexity index is 912. The zero-order chi connectivity index (χ0) is 17.1. The molecule has 1 aromatic heterocycles. The Morgan fingerprint density at radius 1 is 1.08 bits per heavy atom. The molecule has 0 aliphatic heterocycles. The molecule has 122 valence electrons. The van der Waals surface area contributed by atoms with Crippen molar-refractivity contribution in [1.29, 1.82) is 0 Å². The molecule has 0 saturated carbocycles. The third-order valence-corrected chi connectivity index (χ3v) is 3.94. The second-order valence-corrected chi connectivity index (χ2v) is 5.56.